The molecule has 1 heterocycles. The first-order chi connectivity index (χ1) is 6.94. The van der Waals surface area contributed by atoms with E-state index < -0.39 is 0 Å². The molecule has 0 radical (unpaired) electrons. The summed E-state index contributed by atoms with van der Waals surface area (Å²) < 4.78 is 0. The lowest BCUT2D eigenvalue weighted by Gasteiger charge is -2.20. The Hall–Kier alpha value is -1.39. The molecule has 1 aliphatic rings. The van der Waals surface area contributed by atoms with E-state index in [-0.39, 0.29) is 5.54 Å². The molecule has 2 rings (SSSR count). The summed E-state index contributed by atoms with van der Waals surface area (Å²) in [5.74, 6) is 2.21. The van der Waals surface area contributed by atoms with E-state index in [4.69, 9.17) is 5.73 Å². The third kappa shape index (κ3) is 2.78. The summed E-state index contributed by atoms with van der Waals surface area (Å²) >= 11 is 0. The molecule has 1 aromatic rings. The number of rotatable bonds is 2. The van der Waals surface area contributed by atoms with Crippen LogP contribution in [0.5, 0.6) is 0 Å². The molecular weight excluding hydrogens is 190 g/mol. The maximum atomic E-state index is 5.64. The van der Waals surface area contributed by atoms with Gasteiger partial charge >= 0.3 is 0 Å². The van der Waals surface area contributed by atoms with Crippen LogP contribution in [0.4, 0.5) is 11.9 Å². The Morgan fingerprint density at radius 2 is 1.87 bits per heavy atom. The van der Waals surface area contributed by atoms with Gasteiger partial charge in [-0.2, -0.15) is 15.0 Å². The van der Waals surface area contributed by atoms with Crippen LogP contribution in [0.2, 0.25) is 0 Å². The molecule has 5 nitrogen and oxygen atoms in total. The van der Waals surface area contributed by atoms with E-state index in [1.807, 2.05) is 0 Å². The Kier molecular flexibility index (Phi) is 2.25. The van der Waals surface area contributed by atoms with Gasteiger partial charge in [-0.25, -0.2) is 0 Å². The molecule has 1 fully saturated rings. The molecule has 1 saturated carbocycles. The Labute approximate surface area is 89.5 Å². The van der Waals surface area contributed by atoms with Crippen molar-refractivity contribution in [3.63, 3.8) is 0 Å². The van der Waals surface area contributed by atoms with Crippen LogP contribution in [0, 0.1) is 0 Å². The minimum Gasteiger partial charge on any atom is -0.368 e. The monoisotopic (exact) mass is 207 g/mol. The van der Waals surface area contributed by atoms with E-state index in [9.17, 15) is 0 Å². The summed E-state index contributed by atoms with van der Waals surface area (Å²) in [6.07, 6.45) is 2.33. The molecule has 0 aliphatic heterocycles. The van der Waals surface area contributed by atoms with Gasteiger partial charge in [0.2, 0.25) is 11.9 Å². The SMILES string of the molecule is CC(C)(C)Nc1nc(N)nc(C2CC2)n1. The van der Waals surface area contributed by atoms with Gasteiger partial charge in [0.05, 0.1) is 0 Å². The highest BCUT2D eigenvalue weighted by atomic mass is 15.2. The van der Waals surface area contributed by atoms with E-state index in [0.717, 1.165) is 5.82 Å². The molecule has 3 N–H and O–H groups in total. The number of nitrogen functional groups attached to an aromatic ring is 1. The Morgan fingerprint density at radius 3 is 2.40 bits per heavy atom. The minimum absolute atomic E-state index is 0.0609. The molecule has 0 unspecified atom stereocenters. The smallest absolute Gasteiger partial charge is 0.228 e. The highest BCUT2D eigenvalue weighted by Gasteiger charge is 2.27. The first kappa shape index (κ1) is 10.1. The molecule has 0 bridgehead atoms. The zero-order chi connectivity index (χ0) is 11.1. The summed E-state index contributed by atoms with van der Waals surface area (Å²) in [6, 6.07) is 0. The fraction of sp³-hybridized carbons (Fsp3) is 0.700. The van der Waals surface area contributed by atoms with Crippen molar-refractivity contribution >= 4 is 11.9 Å². The fourth-order valence-corrected chi connectivity index (χ4v) is 1.32. The number of nitrogens with two attached hydrogens (primary N) is 1. The van der Waals surface area contributed by atoms with Gasteiger partial charge in [-0.15, -0.1) is 0 Å². The van der Waals surface area contributed by atoms with Crippen molar-refractivity contribution in [3.8, 4) is 0 Å². The Balaban J connectivity index is 2.23. The van der Waals surface area contributed by atoms with E-state index >= 15 is 0 Å². The molecule has 82 valence electrons. The van der Waals surface area contributed by atoms with Crippen LogP contribution < -0.4 is 11.1 Å². The van der Waals surface area contributed by atoms with Crippen molar-refractivity contribution in [3.05, 3.63) is 5.82 Å². The molecule has 1 aromatic heterocycles. The van der Waals surface area contributed by atoms with Gasteiger partial charge in [0.25, 0.3) is 0 Å². The van der Waals surface area contributed by atoms with Crippen molar-refractivity contribution in [2.45, 2.75) is 45.1 Å². The number of anilines is 2. The van der Waals surface area contributed by atoms with Gasteiger partial charge in [0, 0.05) is 11.5 Å². The number of aromatic nitrogens is 3. The molecular formula is C10H17N5. The van der Waals surface area contributed by atoms with Crippen molar-refractivity contribution in [2.24, 2.45) is 0 Å². The van der Waals surface area contributed by atoms with E-state index in [1.165, 1.54) is 12.8 Å². The van der Waals surface area contributed by atoms with E-state index in [0.29, 0.717) is 17.8 Å². The van der Waals surface area contributed by atoms with Crippen LogP contribution in [0.25, 0.3) is 0 Å². The quantitative estimate of drug-likeness (QED) is 0.769. The molecule has 15 heavy (non-hydrogen) atoms. The van der Waals surface area contributed by atoms with Crippen molar-refractivity contribution < 1.29 is 0 Å². The number of nitrogens with one attached hydrogen (secondary N) is 1. The normalized spacial score (nSPS) is 16.5. The Morgan fingerprint density at radius 1 is 1.20 bits per heavy atom. The van der Waals surface area contributed by atoms with Gasteiger partial charge in [-0.3, -0.25) is 0 Å². The average Bonchev–Trinajstić information content (AvgIpc) is 2.80. The second-order valence-corrected chi connectivity index (χ2v) is 5.02. The van der Waals surface area contributed by atoms with Gasteiger partial charge in [0.1, 0.15) is 5.82 Å². The van der Waals surface area contributed by atoms with Crippen molar-refractivity contribution in [1.82, 2.24) is 15.0 Å². The fourth-order valence-electron chi connectivity index (χ4n) is 1.32. The van der Waals surface area contributed by atoms with E-state index in [2.05, 4.69) is 41.0 Å². The van der Waals surface area contributed by atoms with Crippen LogP contribution in [-0.2, 0) is 0 Å². The summed E-state index contributed by atoms with van der Waals surface area (Å²) in [5, 5.41) is 3.20. The summed E-state index contributed by atoms with van der Waals surface area (Å²) in [6.45, 7) is 6.18. The maximum Gasteiger partial charge on any atom is 0.228 e. The molecule has 5 heteroatoms. The topological polar surface area (TPSA) is 76.7 Å². The second-order valence-electron chi connectivity index (χ2n) is 5.02. The van der Waals surface area contributed by atoms with Crippen molar-refractivity contribution in [1.29, 1.82) is 0 Å². The van der Waals surface area contributed by atoms with Gasteiger partial charge < -0.3 is 11.1 Å². The van der Waals surface area contributed by atoms with E-state index in [1.54, 1.807) is 0 Å². The van der Waals surface area contributed by atoms with Crippen molar-refractivity contribution in [2.75, 3.05) is 11.1 Å². The largest absolute Gasteiger partial charge is 0.368 e. The van der Waals surface area contributed by atoms with Crippen LogP contribution in [0.1, 0.15) is 45.4 Å². The lowest BCUT2D eigenvalue weighted by Crippen LogP contribution is -2.28. The van der Waals surface area contributed by atoms with Crippen LogP contribution >= 0.6 is 0 Å². The van der Waals surface area contributed by atoms with Crippen LogP contribution in [0.15, 0.2) is 0 Å². The first-order valence-electron chi connectivity index (χ1n) is 5.24. The number of hydrogen-bond donors (Lipinski definition) is 2. The standard InChI is InChI=1S/C10H17N5/c1-10(2,3)15-9-13-7(6-4-5-6)12-8(11)14-9/h6H,4-5H2,1-3H3,(H3,11,12,13,14,15). The molecule has 1 aliphatic carbocycles. The second kappa shape index (κ2) is 3.32. The molecule has 0 saturated heterocycles. The minimum atomic E-state index is -0.0609. The number of nitrogens with zero attached hydrogens (tertiary/aromatic N) is 3. The summed E-state index contributed by atoms with van der Waals surface area (Å²) in [7, 11) is 0. The number of hydrogen-bond acceptors (Lipinski definition) is 5. The molecule has 0 amide bonds. The molecule has 0 atom stereocenters. The predicted molar refractivity (Wildman–Crippen MR) is 59.6 cm³/mol. The maximum absolute atomic E-state index is 5.64. The van der Waals surface area contributed by atoms with Crippen LogP contribution in [-0.4, -0.2) is 20.5 Å². The Bertz CT molecular complexity index is 365. The van der Waals surface area contributed by atoms with Gasteiger partial charge in [0.15, 0.2) is 0 Å². The molecule has 0 aromatic carbocycles. The average molecular weight is 207 g/mol. The lowest BCUT2D eigenvalue weighted by atomic mass is 10.1. The molecule has 0 spiro atoms. The van der Waals surface area contributed by atoms with Gasteiger partial charge in [-0.1, -0.05) is 0 Å². The van der Waals surface area contributed by atoms with Gasteiger partial charge in [-0.05, 0) is 33.6 Å². The third-order valence-corrected chi connectivity index (χ3v) is 2.10. The highest BCUT2D eigenvalue weighted by Crippen LogP contribution is 2.38. The highest BCUT2D eigenvalue weighted by molar-refractivity contribution is 5.34. The zero-order valence-electron chi connectivity index (χ0n) is 9.41. The summed E-state index contributed by atoms with van der Waals surface area (Å²) in [4.78, 5) is 12.6. The van der Waals surface area contributed by atoms with Crippen LogP contribution in [0.3, 0.4) is 0 Å². The first-order valence-corrected chi connectivity index (χ1v) is 5.24. The lowest BCUT2D eigenvalue weighted by molar-refractivity contribution is 0.623. The summed E-state index contributed by atoms with van der Waals surface area (Å²) in [5.41, 5.74) is 5.58. The zero-order valence-corrected chi connectivity index (χ0v) is 9.41. The third-order valence-electron chi connectivity index (χ3n) is 2.10. The predicted octanol–water partition coefficient (Wildman–Crippen LogP) is 1.54.